The Bertz CT molecular complexity index is 1230. The lowest BCUT2D eigenvalue weighted by atomic mass is 9.81. The first kappa shape index (κ1) is 21.5. The molecule has 0 saturated heterocycles. The van der Waals surface area contributed by atoms with Crippen molar-refractivity contribution >= 4 is 28.4 Å². The zero-order chi connectivity index (χ0) is 22.9. The summed E-state index contributed by atoms with van der Waals surface area (Å²) in [5.41, 5.74) is 5.81. The molecule has 5 heteroatoms. The highest BCUT2D eigenvalue weighted by Crippen LogP contribution is 2.46. The van der Waals surface area contributed by atoms with Crippen molar-refractivity contribution < 1.29 is 19.8 Å². The molecule has 1 heterocycles. The van der Waals surface area contributed by atoms with Crippen LogP contribution < -0.4 is 0 Å². The van der Waals surface area contributed by atoms with E-state index in [4.69, 9.17) is 0 Å². The third kappa shape index (κ3) is 4.08. The van der Waals surface area contributed by atoms with E-state index >= 15 is 0 Å². The van der Waals surface area contributed by atoms with Gasteiger partial charge in [-0.2, -0.15) is 0 Å². The third-order valence-corrected chi connectivity index (χ3v) is 7.39. The minimum absolute atomic E-state index is 0.147. The minimum atomic E-state index is -0.994. The summed E-state index contributed by atoms with van der Waals surface area (Å²) in [6, 6.07) is 15.8. The van der Waals surface area contributed by atoms with Crippen molar-refractivity contribution in [1.82, 2.24) is 4.57 Å². The molecule has 1 aromatic heterocycles. The van der Waals surface area contributed by atoms with Crippen LogP contribution in [0.25, 0.3) is 16.5 Å². The molecule has 170 valence electrons. The van der Waals surface area contributed by atoms with Crippen molar-refractivity contribution in [3.8, 4) is 0 Å². The molecule has 5 rings (SSSR count). The maximum atomic E-state index is 11.8. The Hall–Kier alpha value is -3.34. The normalized spacial score (nSPS) is 19.0. The number of hydrogen-bond donors (Lipinski definition) is 2. The zero-order valence-electron chi connectivity index (χ0n) is 18.7. The van der Waals surface area contributed by atoms with Crippen LogP contribution in [0, 0.1) is 0 Å². The third-order valence-electron chi connectivity index (χ3n) is 7.39. The summed E-state index contributed by atoms with van der Waals surface area (Å²) in [6.45, 7) is -0.147. The fourth-order valence-electron chi connectivity index (χ4n) is 5.86. The zero-order valence-corrected chi connectivity index (χ0v) is 18.7. The second-order valence-corrected chi connectivity index (χ2v) is 9.37. The van der Waals surface area contributed by atoms with Crippen molar-refractivity contribution in [2.75, 3.05) is 0 Å². The molecule has 2 N–H and O–H groups in total. The number of benzene rings is 2. The molecule has 1 fully saturated rings. The van der Waals surface area contributed by atoms with Gasteiger partial charge in [-0.15, -0.1) is 0 Å². The topological polar surface area (TPSA) is 79.5 Å². The Kier molecular flexibility index (Phi) is 5.79. The number of carboxylic acid groups (broad SMARTS) is 2. The van der Waals surface area contributed by atoms with E-state index in [-0.39, 0.29) is 12.1 Å². The van der Waals surface area contributed by atoms with E-state index in [2.05, 4.69) is 30.3 Å². The first-order chi connectivity index (χ1) is 16.0. The highest BCUT2D eigenvalue weighted by Gasteiger charge is 2.30. The van der Waals surface area contributed by atoms with E-state index in [1.165, 1.54) is 11.1 Å². The molecule has 1 atom stereocenters. The number of nitrogens with zero attached hydrogens (tertiary/aromatic N) is 1. The van der Waals surface area contributed by atoms with Gasteiger partial charge >= 0.3 is 11.9 Å². The standard InChI is InChI=1S/C28H29NO4/c30-25(31)17-29-24-16-22(28(32)33)14-15-23(24)26(27(29)21-8-4-5-9-21)20-12-10-19(11-13-20)18-6-2-1-3-7-18/h1-3,6-7,12,14-16,19,21H,4-5,8-11,13,17H2,(H,30,31)(H,32,33). The van der Waals surface area contributed by atoms with Crippen LogP contribution in [0.15, 0.2) is 54.6 Å². The molecule has 3 aromatic rings. The summed E-state index contributed by atoms with van der Waals surface area (Å²) in [5.74, 6) is -1.09. The van der Waals surface area contributed by atoms with Gasteiger partial charge in [-0.25, -0.2) is 4.79 Å². The first-order valence-corrected chi connectivity index (χ1v) is 11.9. The molecule has 33 heavy (non-hydrogen) atoms. The first-order valence-electron chi connectivity index (χ1n) is 11.9. The van der Waals surface area contributed by atoms with E-state index in [0.29, 0.717) is 11.8 Å². The molecule has 0 spiro atoms. The summed E-state index contributed by atoms with van der Waals surface area (Å²) in [6.07, 6.45) is 9.68. The van der Waals surface area contributed by atoms with Crippen molar-refractivity contribution in [1.29, 1.82) is 0 Å². The summed E-state index contributed by atoms with van der Waals surface area (Å²) in [5, 5.41) is 20.2. The molecule has 0 bridgehead atoms. The Morgan fingerprint density at radius 1 is 0.939 bits per heavy atom. The number of carboxylic acids is 2. The fraction of sp³-hybridized carbons (Fsp3) is 0.357. The minimum Gasteiger partial charge on any atom is -0.480 e. The number of aliphatic carboxylic acids is 1. The number of fused-ring (bicyclic) bond motifs is 1. The van der Waals surface area contributed by atoms with Gasteiger partial charge in [-0.3, -0.25) is 4.79 Å². The lowest BCUT2D eigenvalue weighted by Crippen LogP contribution is -2.14. The number of rotatable bonds is 6. The summed E-state index contributed by atoms with van der Waals surface area (Å²) >= 11 is 0. The molecule has 0 aliphatic heterocycles. The molecule has 5 nitrogen and oxygen atoms in total. The lowest BCUT2D eigenvalue weighted by molar-refractivity contribution is -0.137. The van der Waals surface area contributed by atoms with E-state index in [9.17, 15) is 19.8 Å². The van der Waals surface area contributed by atoms with E-state index in [1.807, 2.05) is 16.7 Å². The van der Waals surface area contributed by atoms with Gasteiger partial charge in [0.2, 0.25) is 0 Å². The predicted octanol–water partition coefficient (Wildman–Crippen LogP) is 6.43. The quantitative estimate of drug-likeness (QED) is 0.460. The fourth-order valence-corrected chi connectivity index (χ4v) is 5.86. The number of aromatic carboxylic acids is 1. The Labute approximate surface area is 193 Å². The molecule has 0 radical (unpaired) electrons. The van der Waals surface area contributed by atoms with Gasteiger partial charge in [0.1, 0.15) is 6.54 Å². The molecule has 2 aliphatic rings. The van der Waals surface area contributed by atoms with Crippen LogP contribution in [0.3, 0.4) is 0 Å². The molecular formula is C28H29NO4. The van der Waals surface area contributed by atoms with Crippen LogP contribution in [0.4, 0.5) is 0 Å². The molecule has 1 saturated carbocycles. The van der Waals surface area contributed by atoms with E-state index < -0.39 is 11.9 Å². The second-order valence-electron chi connectivity index (χ2n) is 9.37. The highest BCUT2D eigenvalue weighted by atomic mass is 16.4. The van der Waals surface area contributed by atoms with Gasteiger partial charge in [0.25, 0.3) is 0 Å². The monoisotopic (exact) mass is 443 g/mol. The number of allylic oxidation sites excluding steroid dienone is 2. The summed E-state index contributed by atoms with van der Waals surface area (Å²) in [4.78, 5) is 23.5. The maximum absolute atomic E-state index is 11.8. The summed E-state index contributed by atoms with van der Waals surface area (Å²) in [7, 11) is 0. The smallest absolute Gasteiger partial charge is 0.335 e. The Balaban J connectivity index is 1.65. The van der Waals surface area contributed by atoms with Gasteiger partial charge in [0.15, 0.2) is 0 Å². The van der Waals surface area contributed by atoms with Gasteiger partial charge in [0.05, 0.1) is 11.1 Å². The van der Waals surface area contributed by atoms with Crippen molar-refractivity contribution in [3.05, 3.63) is 77.0 Å². The predicted molar refractivity (Wildman–Crippen MR) is 129 cm³/mol. The second kappa shape index (κ2) is 8.89. The van der Waals surface area contributed by atoms with Crippen molar-refractivity contribution in [3.63, 3.8) is 0 Å². The van der Waals surface area contributed by atoms with E-state index in [1.54, 1.807) is 12.1 Å². The van der Waals surface area contributed by atoms with Crippen LogP contribution in [0.1, 0.15) is 84.0 Å². The van der Waals surface area contributed by atoms with Crippen molar-refractivity contribution in [2.45, 2.75) is 63.3 Å². The Morgan fingerprint density at radius 2 is 1.70 bits per heavy atom. The highest BCUT2D eigenvalue weighted by molar-refractivity contribution is 6.00. The molecule has 1 unspecified atom stereocenters. The van der Waals surface area contributed by atoms with Crippen LogP contribution in [0.2, 0.25) is 0 Å². The molecule has 2 aliphatic carbocycles. The van der Waals surface area contributed by atoms with Gasteiger partial charge in [0, 0.05) is 16.6 Å². The van der Waals surface area contributed by atoms with Crippen LogP contribution in [-0.2, 0) is 11.3 Å². The van der Waals surface area contributed by atoms with Crippen molar-refractivity contribution in [2.24, 2.45) is 0 Å². The number of aromatic nitrogens is 1. The van der Waals surface area contributed by atoms with Gasteiger partial charge in [-0.05, 0) is 67.2 Å². The van der Waals surface area contributed by atoms with Crippen LogP contribution in [-0.4, -0.2) is 26.7 Å². The van der Waals surface area contributed by atoms with E-state index in [0.717, 1.165) is 67.1 Å². The SMILES string of the molecule is O=C(O)Cn1c(C2CCCC2)c(C2=CCC(c3ccccc3)CC2)c2ccc(C(=O)O)cc21. The average molecular weight is 444 g/mol. The molecular weight excluding hydrogens is 414 g/mol. The average Bonchev–Trinajstić information content (AvgIpc) is 3.46. The largest absolute Gasteiger partial charge is 0.480 e. The van der Waals surface area contributed by atoms with Gasteiger partial charge < -0.3 is 14.8 Å². The molecule has 2 aromatic carbocycles. The van der Waals surface area contributed by atoms with Crippen LogP contribution in [0.5, 0.6) is 0 Å². The Morgan fingerprint density at radius 3 is 2.33 bits per heavy atom. The maximum Gasteiger partial charge on any atom is 0.335 e. The van der Waals surface area contributed by atoms with Gasteiger partial charge in [-0.1, -0.05) is 55.3 Å². The molecule has 0 amide bonds. The van der Waals surface area contributed by atoms with Crippen LogP contribution >= 0.6 is 0 Å². The lowest BCUT2D eigenvalue weighted by Gasteiger charge is -2.24. The number of hydrogen-bond acceptors (Lipinski definition) is 2. The number of carbonyl (C=O) groups is 2. The summed E-state index contributed by atoms with van der Waals surface area (Å²) < 4.78 is 1.89.